The number of hydrogen-bond donors (Lipinski definition) is 1. The van der Waals surface area contributed by atoms with Gasteiger partial charge in [-0.05, 0) is 57.0 Å². The van der Waals surface area contributed by atoms with Crippen molar-refractivity contribution >= 4 is 5.91 Å². The third-order valence-corrected chi connectivity index (χ3v) is 4.28. The molecule has 0 unspecified atom stereocenters. The predicted octanol–water partition coefficient (Wildman–Crippen LogP) is 3.17. The Morgan fingerprint density at radius 2 is 1.84 bits per heavy atom. The van der Waals surface area contributed by atoms with Gasteiger partial charge in [0, 0.05) is 24.0 Å². The highest BCUT2D eigenvalue weighted by Gasteiger charge is 2.13. The van der Waals surface area contributed by atoms with E-state index in [4.69, 9.17) is 0 Å². The van der Waals surface area contributed by atoms with E-state index in [1.807, 2.05) is 67.9 Å². The van der Waals surface area contributed by atoms with Crippen molar-refractivity contribution in [3.8, 4) is 5.82 Å². The van der Waals surface area contributed by atoms with Crippen molar-refractivity contribution in [2.75, 3.05) is 6.54 Å². The fraction of sp³-hybridized carbons (Fsp3) is 0.250. The van der Waals surface area contributed by atoms with Gasteiger partial charge in [-0.3, -0.25) is 4.79 Å². The molecule has 0 aliphatic carbocycles. The van der Waals surface area contributed by atoms with Crippen LogP contribution in [-0.2, 0) is 6.42 Å². The first kappa shape index (κ1) is 16.9. The zero-order valence-corrected chi connectivity index (χ0v) is 14.8. The summed E-state index contributed by atoms with van der Waals surface area (Å²) in [6.45, 7) is 6.60. The van der Waals surface area contributed by atoms with E-state index < -0.39 is 0 Å². The summed E-state index contributed by atoms with van der Waals surface area (Å²) in [5.74, 6) is 0.755. The molecule has 3 aromatic rings. The van der Waals surface area contributed by atoms with Crippen LogP contribution >= 0.6 is 0 Å². The van der Waals surface area contributed by atoms with Crippen LogP contribution in [0.2, 0.25) is 0 Å². The first-order chi connectivity index (χ1) is 12.1. The molecule has 25 heavy (non-hydrogen) atoms. The molecule has 128 valence electrons. The summed E-state index contributed by atoms with van der Waals surface area (Å²) in [7, 11) is 0. The maximum atomic E-state index is 12.2. The highest BCUT2D eigenvalue weighted by molar-refractivity contribution is 5.94. The molecule has 0 aliphatic heterocycles. The van der Waals surface area contributed by atoms with E-state index in [9.17, 15) is 4.79 Å². The van der Waals surface area contributed by atoms with Gasteiger partial charge in [-0.25, -0.2) is 9.67 Å². The van der Waals surface area contributed by atoms with Gasteiger partial charge < -0.3 is 5.32 Å². The summed E-state index contributed by atoms with van der Waals surface area (Å²) < 4.78 is 1.85. The van der Waals surface area contributed by atoms with Gasteiger partial charge in [0.1, 0.15) is 0 Å². The number of aromatic nitrogens is 3. The van der Waals surface area contributed by atoms with Gasteiger partial charge in [0.25, 0.3) is 5.91 Å². The van der Waals surface area contributed by atoms with Crippen LogP contribution in [-0.4, -0.2) is 27.2 Å². The van der Waals surface area contributed by atoms with E-state index in [1.54, 1.807) is 6.20 Å². The summed E-state index contributed by atoms with van der Waals surface area (Å²) in [6, 6.07) is 13.3. The lowest BCUT2D eigenvalue weighted by atomic mass is 10.1. The summed E-state index contributed by atoms with van der Waals surface area (Å²) in [6.07, 6.45) is 2.50. The van der Waals surface area contributed by atoms with E-state index in [1.165, 1.54) is 0 Å². The zero-order valence-electron chi connectivity index (χ0n) is 14.8. The molecule has 0 fully saturated rings. The lowest BCUT2D eigenvalue weighted by molar-refractivity contribution is 0.0954. The molecule has 5 heteroatoms. The van der Waals surface area contributed by atoms with Crippen molar-refractivity contribution in [2.24, 2.45) is 0 Å². The zero-order chi connectivity index (χ0) is 17.8. The highest BCUT2D eigenvalue weighted by atomic mass is 16.1. The lowest BCUT2D eigenvalue weighted by Crippen LogP contribution is -2.25. The largest absolute Gasteiger partial charge is 0.352 e. The third kappa shape index (κ3) is 3.76. The molecule has 5 nitrogen and oxygen atoms in total. The minimum absolute atomic E-state index is 0.0487. The van der Waals surface area contributed by atoms with Crippen LogP contribution in [0.3, 0.4) is 0 Å². The maximum absolute atomic E-state index is 12.2. The van der Waals surface area contributed by atoms with E-state index in [0.29, 0.717) is 12.1 Å². The quantitative estimate of drug-likeness (QED) is 0.780. The smallest absolute Gasteiger partial charge is 0.251 e. The maximum Gasteiger partial charge on any atom is 0.251 e. The molecule has 0 atom stereocenters. The molecule has 0 bridgehead atoms. The Labute approximate surface area is 147 Å². The molecule has 1 amide bonds. The second-order valence-electron chi connectivity index (χ2n) is 6.12. The van der Waals surface area contributed by atoms with E-state index in [2.05, 4.69) is 15.4 Å². The number of nitrogens with one attached hydrogen (secondary N) is 1. The first-order valence-corrected chi connectivity index (χ1v) is 8.37. The number of carbonyl (C=O) groups is 1. The predicted molar refractivity (Wildman–Crippen MR) is 98.0 cm³/mol. The molecular formula is C20H22N4O. The average Bonchev–Trinajstić information content (AvgIpc) is 2.91. The molecule has 2 aromatic heterocycles. The Kier molecular flexibility index (Phi) is 4.93. The van der Waals surface area contributed by atoms with Gasteiger partial charge in [0.2, 0.25) is 0 Å². The van der Waals surface area contributed by atoms with Crippen molar-refractivity contribution in [3.63, 3.8) is 0 Å². The van der Waals surface area contributed by atoms with Crippen LogP contribution in [0.25, 0.3) is 5.82 Å². The van der Waals surface area contributed by atoms with Gasteiger partial charge in [0.05, 0.1) is 5.69 Å². The minimum Gasteiger partial charge on any atom is -0.352 e. The third-order valence-electron chi connectivity index (χ3n) is 4.28. The van der Waals surface area contributed by atoms with Crippen LogP contribution in [0, 0.1) is 20.8 Å². The first-order valence-electron chi connectivity index (χ1n) is 8.37. The molecule has 0 saturated heterocycles. The summed E-state index contributed by atoms with van der Waals surface area (Å²) in [4.78, 5) is 16.6. The van der Waals surface area contributed by atoms with Crippen molar-refractivity contribution in [3.05, 3.63) is 76.7 Å². The Hall–Kier alpha value is -2.95. The van der Waals surface area contributed by atoms with Crippen LogP contribution in [0.5, 0.6) is 0 Å². The summed E-state index contributed by atoms with van der Waals surface area (Å²) in [5.41, 5.74) is 5.00. The molecule has 3 rings (SSSR count). The second kappa shape index (κ2) is 7.30. The van der Waals surface area contributed by atoms with E-state index >= 15 is 0 Å². The molecule has 0 spiro atoms. The Bertz CT molecular complexity index is 867. The van der Waals surface area contributed by atoms with Crippen molar-refractivity contribution in [1.29, 1.82) is 0 Å². The Balaban J connectivity index is 1.67. The molecule has 1 N–H and O–H groups in total. The minimum atomic E-state index is -0.0487. The van der Waals surface area contributed by atoms with Crippen molar-refractivity contribution in [1.82, 2.24) is 20.1 Å². The van der Waals surface area contributed by atoms with Crippen LogP contribution in [0.4, 0.5) is 0 Å². The normalized spacial score (nSPS) is 10.7. The average molecular weight is 334 g/mol. The summed E-state index contributed by atoms with van der Waals surface area (Å²) in [5, 5.41) is 7.57. The monoisotopic (exact) mass is 334 g/mol. The number of nitrogens with zero attached hydrogens (tertiary/aromatic N) is 3. The van der Waals surface area contributed by atoms with Crippen LogP contribution < -0.4 is 5.32 Å². The molecule has 0 radical (unpaired) electrons. The number of amides is 1. The lowest BCUT2D eigenvalue weighted by Gasteiger charge is -2.07. The van der Waals surface area contributed by atoms with Gasteiger partial charge in [0.15, 0.2) is 5.82 Å². The molecule has 0 saturated carbocycles. The SMILES string of the molecule is Cc1ccc(C(=O)NCCc2c(C)nn(-c3ccccn3)c2C)cc1. The van der Waals surface area contributed by atoms with Crippen LogP contribution in [0.1, 0.15) is 32.9 Å². The van der Waals surface area contributed by atoms with Gasteiger partial charge in [-0.15, -0.1) is 0 Å². The van der Waals surface area contributed by atoms with E-state index in [0.717, 1.165) is 34.8 Å². The van der Waals surface area contributed by atoms with E-state index in [-0.39, 0.29) is 5.91 Å². The van der Waals surface area contributed by atoms with Crippen molar-refractivity contribution in [2.45, 2.75) is 27.2 Å². The number of carbonyl (C=O) groups excluding carboxylic acids is 1. The highest BCUT2D eigenvalue weighted by Crippen LogP contribution is 2.17. The van der Waals surface area contributed by atoms with Gasteiger partial charge >= 0.3 is 0 Å². The Morgan fingerprint density at radius 1 is 1.08 bits per heavy atom. The number of aryl methyl sites for hydroxylation is 2. The van der Waals surface area contributed by atoms with Gasteiger partial charge in [-0.1, -0.05) is 23.8 Å². The number of hydrogen-bond acceptors (Lipinski definition) is 3. The topological polar surface area (TPSA) is 59.8 Å². The molecule has 0 aliphatic rings. The number of benzene rings is 1. The Morgan fingerprint density at radius 3 is 2.52 bits per heavy atom. The standard InChI is InChI=1S/C20H22N4O/c1-14-7-9-17(10-8-14)20(25)22-13-11-18-15(2)23-24(16(18)3)19-6-4-5-12-21-19/h4-10,12H,11,13H2,1-3H3,(H,22,25). The second-order valence-corrected chi connectivity index (χ2v) is 6.12. The van der Waals surface area contributed by atoms with Crippen molar-refractivity contribution < 1.29 is 4.79 Å². The fourth-order valence-corrected chi connectivity index (χ4v) is 2.85. The van der Waals surface area contributed by atoms with Gasteiger partial charge in [-0.2, -0.15) is 5.10 Å². The number of pyridine rings is 1. The fourth-order valence-electron chi connectivity index (χ4n) is 2.85. The summed E-state index contributed by atoms with van der Waals surface area (Å²) >= 11 is 0. The molecule has 1 aromatic carbocycles. The molecular weight excluding hydrogens is 312 g/mol. The van der Waals surface area contributed by atoms with Crippen LogP contribution in [0.15, 0.2) is 48.7 Å². The number of rotatable bonds is 5. The molecule has 2 heterocycles.